The van der Waals surface area contributed by atoms with E-state index in [-0.39, 0.29) is 0 Å². The molecule has 100 valence electrons. The first-order valence-corrected chi connectivity index (χ1v) is 7.90. The van der Waals surface area contributed by atoms with Crippen molar-refractivity contribution in [3.8, 4) is 5.75 Å². The Morgan fingerprint density at radius 1 is 1.28 bits per heavy atom. The topological polar surface area (TPSA) is 9.23 Å². The van der Waals surface area contributed by atoms with Gasteiger partial charge < -0.3 is 4.74 Å². The molecule has 1 aromatic rings. The second-order valence-corrected chi connectivity index (χ2v) is 6.49. The predicted octanol–water partition coefficient (Wildman–Crippen LogP) is 5.19. The van der Waals surface area contributed by atoms with Crippen LogP contribution in [0.5, 0.6) is 5.75 Å². The van der Waals surface area contributed by atoms with Gasteiger partial charge in [-0.05, 0) is 48.9 Å². The van der Waals surface area contributed by atoms with E-state index in [4.69, 9.17) is 16.3 Å². The molecule has 2 unspecified atom stereocenters. The first-order chi connectivity index (χ1) is 8.70. The highest BCUT2D eigenvalue weighted by Gasteiger charge is 2.22. The molecule has 0 N–H and O–H groups in total. The van der Waals surface area contributed by atoms with Gasteiger partial charge in [-0.2, -0.15) is 0 Å². The molecule has 0 aromatic heterocycles. The molecule has 0 bridgehead atoms. The Morgan fingerprint density at radius 2 is 2.06 bits per heavy atom. The molecule has 1 nitrogen and oxygen atoms in total. The van der Waals surface area contributed by atoms with Gasteiger partial charge in [-0.3, -0.25) is 0 Å². The Kier molecular flexibility index (Phi) is 5.38. The number of hydrogen-bond acceptors (Lipinski definition) is 1. The zero-order valence-corrected chi connectivity index (χ0v) is 13.1. The Morgan fingerprint density at radius 3 is 2.83 bits per heavy atom. The van der Waals surface area contributed by atoms with Gasteiger partial charge >= 0.3 is 0 Å². The van der Waals surface area contributed by atoms with Crippen LogP contribution in [-0.2, 0) is 6.42 Å². The highest BCUT2D eigenvalue weighted by Crippen LogP contribution is 2.33. The van der Waals surface area contributed by atoms with E-state index in [0.717, 1.165) is 23.1 Å². The molecule has 1 aromatic carbocycles. The van der Waals surface area contributed by atoms with Crippen LogP contribution in [0, 0.1) is 5.92 Å². The summed E-state index contributed by atoms with van der Waals surface area (Å²) in [6, 6.07) is 6.17. The van der Waals surface area contributed by atoms with Crippen LogP contribution in [0.15, 0.2) is 22.7 Å². The van der Waals surface area contributed by atoms with Crippen molar-refractivity contribution in [1.29, 1.82) is 0 Å². The third-order valence-electron chi connectivity index (χ3n) is 3.80. The van der Waals surface area contributed by atoms with Gasteiger partial charge in [-0.1, -0.05) is 35.2 Å². The minimum absolute atomic E-state index is 0.325. The molecule has 0 saturated heterocycles. The molecule has 2 atom stereocenters. The van der Waals surface area contributed by atoms with Crippen LogP contribution in [0.4, 0.5) is 0 Å². The molecule has 0 amide bonds. The van der Waals surface area contributed by atoms with Crippen molar-refractivity contribution in [3.63, 3.8) is 0 Å². The summed E-state index contributed by atoms with van der Waals surface area (Å²) in [6.07, 6.45) is 7.38. The lowest BCUT2D eigenvalue weighted by molar-refractivity contribution is 0.412. The van der Waals surface area contributed by atoms with E-state index in [1.165, 1.54) is 31.2 Å². The molecule has 0 radical (unpaired) electrons. The highest BCUT2D eigenvalue weighted by molar-refractivity contribution is 9.10. The third-order valence-corrected chi connectivity index (χ3v) is 5.15. The normalized spacial score (nSPS) is 24.6. The van der Waals surface area contributed by atoms with Crippen LogP contribution < -0.4 is 4.74 Å². The summed E-state index contributed by atoms with van der Waals surface area (Å²) in [6.45, 7) is 0. The fourth-order valence-electron chi connectivity index (χ4n) is 2.69. The Labute approximate surface area is 123 Å². The summed E-state index contributed by atoms with van der Waals surface area (Å²) in [5.41, 5.74) is 1.31. The number of halogens is 2. The summed E-state index contributed by atoms with van der Waals surface area (Å²) in [5, 5.41) is 0.325. The number of alkyl halides is 1. The fourth-order valence-corrected chi connectivity index (χ4v) is 3.46. The van der Waals surface area contributed by atoms with Crippen molar-refractivity contribution >= 4 is 27.5 Å². The van der Waals surface area contributed by atoms with Crippen molar-refractivity contribution in [2.75, 3.05) is 7.11 Å². The summed E-state index contributed by atoms with van der Waals surface area (Å²) in [7, 11) is 1.71. The van der Waals surface area contributed by atoms with Gasteiger partial charge in [-0.15, -0.1) is 11.6 Å². The van der Waals surface area contributed by atoms with E-state index in [0.29, 0.717) is 11.3 Å². The van der Waals surface area contributed by atoms with Crippen LogP contribution in [0.2, 0.25) is 0 Å². The largest absolute Gasteiger partial charge is 0.497 e. The molecular weight excluding hydrogens is 312 g/mol. The second kappa shape index (κ2) is 6.81. The van der Waals surface area contributed by atoms with E-state index in [1.54, 1.807) is 7.11 Å². The quantitative estimate of drug-likeness (QED) is 0.547. The summed E-state index contributed by atoms with van der Waals surface area (Å²) < 4.78 is 6.46. The number of methoxy groups -OCH3 is 1. The first-order valence-electron chi connectivity index (χ1n) is 6.67. The van der Waals surface area contributed by atoms with Crippen LogP contribution in [0.1, 0.15) is 37.7 Å². The Hall–Kier alpha value is -0.210. The zero-order valence-electron chi connectivity index (χ0n) is 10.8. The van der Waals surface area contributed by atoms with E-state index < -0.39 is 0 Å². The molecule has 0 heterocycles. The maximum absolute atomic E-state index is 6.52. The Bertz CT molecular complexity index is 394. The van der Waals surface area contributed by atoms with Crippen molar-refractivity contribution in [2.24, 2.45) is 5.92 Å². The lowest BCUT2D eigenvalue weighted by Crippen LogP contribution is -2.16. The highest BCUT2D eigenvalue weighted by atomic mass is 79.9. The summed E-state index contributed by atoms with van der Waals surface area (Å²) in [4.78, 5) is 0. The van der Waals surface area contributed by atoms with E-state index >= 15 is 0 Å². The average molecular weight is 332 g/mol. The smallest absolute Gasteiger partial charge is 0.119 e. The Balaban J connectivity index is 2.11. The van der Waals surface area contributed by atoms with Crippen LogP contribution >= 0.6 is 27.5 Å². The van der Waals surface area contributed by atoms with Gasteiger partial charge in [0, 0.05) is 9.85 Å². The van der Waals surface area contributed by atoms with E-state index in [2.05, 4.69) is 28.1 Å². The average Bonchev–Trinajstić information content (AvgIpc) is 2.58. The van der Waals surface area contributed by atoms with Crippen LogP contribution in [0.25, 0.3) is 0 Å². The number of hydrogen-bond donors (Lipinski definition) is 0. The number of ether oxygens (including phenoxy) is 1. The third kappa shape index (κ3) is 3.64. The van der Waals surface area contributed by atoms with Crippen LogP contribution in [0.3, 0.4) is 0 Å². The van der Waals surface area contributed by atoms with Gasteiger partial charge in [0.05, 0.1) is 7.11 Å². The first kappa shape index (κ1) is 14.2. The second-order valence-electron chi connectivity index (χ2n) is 5.08. The molecule has 2 rings (SSSR count). The van der Waals surface area contributed by atoms with Gasteiger partial charge in [0.25, 0.3) is 0 Å². The minimum atomic E-state index is 0.325. The lowest BCUT2D eigenvalue weighted by Gasteiger charge is -2.20. The molecular formula is C15H20BrClO. The van der Waals surface area contributed by atoms with E-state index in [9.17, 15) is 0 Å². The van der Waals surface area contributed by atoms with Crippen molar-refractivity contribution < 1.29 is 4.74 Å². The minimum Gasteiger partial charge on any atom is -0.497 e. The van der Waals surface area contributed by atoms with Crippen molar-refractivity contribution in [1.82, 2.24) is 0 Å². The fraction of sp³-hybridized carbons (Fsp3) is 0.600. The maximum Gasteiger partial charge on any atom is 0.119 e. The summed E-state index contributed by atoms with van der Waals surface area (Å²) >= 11 is 10.1. The number of benzene rings is 1. The molecule has 0 aliphatic heterocycles. The molecule has 1 aliphatic carbocycles. The molecule has 1 fully saturated rings. The standard InChI is InChI=1S/C15H20BrClO/c1-18-13-7-8-14(16)12(10-13)9-11-5-3-2-4-6-15(11)17/h7-8,10-11,15H,2-6,9H2,1H3. The van der Waals surface area contributed by atoms with Gasteiger partial charge in [0.2, 0.25) is 0 Å². The van der Waals surface area contributed by atoms with Gasteiger partial charge in [0.15, 0.2) is 0 Å². The molecule has 1 aliphatic rings. The molecule has 1 saturated carbocycles. The van der Waals surface area contributed by atoms with E-state index in [1.807, 2.05) is 6.07 Å². The lowest BCUT2D eigenvalue weighted by atomic mass is 9.92. The van der Waals surface area contributed by atoms with Gasteiger partial charge in [-0.25, -0.2) is 0 Å². The maximum atomic E-state index is 6.52. The monoisotopic (exact) mass is 330 g/mol. The van der Waals surface area contributed by atoms with Crippen molar-refractivity contribution in [2.45, 2.75) is 43.9 Å². The predicted molar refractivity (Wildman–Crippen MR) is 80.6 cm³/mol. The summed E-state index contributed by atoms with van der Waals surface area (Å²) in [5.74, 6) is 1.52. The SMILES string of the molecule is COc1ccc(Br)c(CC2CCCCCC2Cl)c1. The van der Waals surface area contributed by atoms with Crippen LogP contribution in [-0.4, -0.2) is 12.5 Å². The number of rotatable bonds is 3. The van der Waals surface area contributed by atoms with Crippen molar-refractivity contribution in [3.05, 3.63) is 28.2 Å². The molecule has 0 spiro atoms. The molecule has 18 heavy (non-hydrogen) atoms. The zero-order chi connectivity index (χ0) is 13.0. The molecule has 3 heteroatoms. The van der Waals surface area contributed by atoms with Gasteiger partial charge in [0.1, 0.15) is 5.75 Å².